The molecule has 2 atom stereocenters. The molecule has 6 nitrogen and oxygen atoms in total. The van der Waals surface area contributed by atoms with E-state index in [0.717, 1.165) is 46.5 Å². The van der Waals surface area contributed by atoms with Gasteiger partial charge in [0, 0.05) is 43.1 Å². The highest BCUT2D eigenvalue weighted by Crippen LogP contribution is 2.36. The Balaban J connectivity index is 1.75. The predicted molar refractivity (Wildman–Crippen MR) is 133 cm³/mol. The molecule has 0 amide bonds. The fraction of sp³-hybridized carbons (Fsp3) is 0.440. The van der Waals surface area contributed by atoms with Gasteiger partial charge in [0.05, 0.1) is 18.0 Å². The SMILES string of the molecule is CCC(Nc1cc(-c2c(-c3ccc(F)cc3)nc(SC)n2CCOC)ccn1)C1CCCN1. The number of nitrogens with one attached hydrogen (secondary N) is 2. The lowest BCUT2D eigenvalue weighted by molar-refractivity contribution is 0.185. The maximum absolute atomic E-state index is 13.6. The molecule has 1 aliphatic rings. The molecule has 2 aromatic heterocycles. The predicted octanol–water partition coefficient (Wildman–Crippen LogP) is 5.06. The Labute approximate surface area is 199 Å². The fourth-order valence-electron chi connectivity index (χ4n) is 4.47. The second kappa shape index (κ2) is 11.1. The van der Waals surface area contributed by atoms with Gasteiger partial charge < -0.3 is 19.9 Å². The molecule has 3 heterocycles. The minimum atomic E-state index is -0.259. The van der Waals surface area contributed by atoms with Crippen LogP contribution in [-0.4, -0.2) is 53.1 Å². The van der Waals surface area contributed by atoms with Crippen molar-refractivity contribution in [2.45, 2.75) is 50.0 Å². The average molecular weight is 470 g/mol. The zero-order valence-corrected chi connectivity index (χ0v) is 20.3. The van der Waals surface area contributed by atoms with Gasteiger partial charge in [-0.25, -0.2) is 14.4 Å². The first-order valence-electron chi connectivity index (χ1n) is 11.5. The van der Waals surface area contributed by atoms with Gasteiger partial charge in [-0.1, -0.05) is 18.7 Å². The zero-order chi connectivity index (χ0) is 23.2. The highest BCUT2D eigenvalue weighted by Gasteiger charge is 2.24. The molecule has 1 aliphatic heterocycles. The summed E-state index contributed by atoms with van der Waals surface area (Å²) in [6.45, 7) is 4.53. The molecule has 0 bridgehead atoms. The number of ether oxygens (including phenoxy) is 1. The topological polar surface area (TPSA) is 64.0 Å². The number of pyridine rings is 1. The lowest BCUT2D eigenvalue weighted by Gasteiger charge is -2.24. The first-order chi connectivity index (χ1) is 16.1. The van der Waals surface area contributed by atoms with Gasteiger partial charge >= 0.3 is 0 Å². The summed E-state index contributed by atoms with van der Waals surface area (Å²) in [5.41, 5.74) is 3.72. The van der Waals surface area contributed by atoms with Gasteiger partial charge in [0.1, 0.15) is 11.6 Å². The summed E-state index contributed by atoms with van der Waals surface area (Å²) in [7, 11) is 1.70. The van der Waals surface area contributed by atoms with Crippen molar-refractivity contribution in [3.8, 4) is 22.5 Å². The van der Waals surface area contributed by atoms with Crippen molar-refractivity contribution in [1.29, 1.82) is 0 Å². The van der Waals surface area contributed by atoms with Crippen molar-refractivity contribution >= 4 is 17.6 Å². The second-order valence-corrected chi connectivity index (χ2v) is 9.01. The van der Waals surface area contributed by atoms with Crippen LogP contribution in [0.3, 0.4) is 0 Å². The molecule has 0 saturated carbocycles. The lowest BCUT2D eigenvalue weighted by Crippen LogP contribution is -2.39. The Morgan fingerprint density at radius 1 is 1.27 bits per heavy atom. The monoisotopic (exact) mass is 469 g/mol. The molecule has 0 radical (unpaired) electrons. The van der Waals surface area contributed by atoms with Crippen LogP contribution in [0, 0.1) is 5.82 Å². The van der Waals surface area contributed by atoms with Crippen molar-refractivity contribution < 1.29 is 9.13 Å². The number of thioether (sulfide) groups is 1. The van der Waals surface area contributed by atoms with Crippen LogP contribution in [0.15, 0.2) is 47.8 Å². The van der Waals surface area contributed by atoms with Crippen molar-refractivity contribution in [2.75, 3.05) is 31.8 Å². The van der Waals surface area contributed by atoms with E-state index >= 15 is 0 Å². The van der Waals surface area contributed by atoms with Gasteiger partial charge in [-0.15, -0.1) is 0 Å². The first-order valence-corrected chi connectivity index (χ1v) is 12.7. The van der Waals surface area contributed by atoms with E-state index in [1.54, 1.807) is 31.0 Å². The molecule has 1 fully saturated rings. The number of methoxy groups -OCH3 is 1. The van der Waals surface area contributed by atoms with Crippen molar-refractivity contribution in [3.63, 3.8) is 0 Å². The van der Waals surface area contributed by atoms with E-state index in [1.165, 1.54) is 25.0 Å². The standard InChI is InChI=1S/C25H32FN5OS/c1-4-20(21-6-5-12-27-21)29-22-16-18(11-13-28-22)24-23(17-7-9-19(26)10-8-17)30-25(33-3)31(24)14-15-32-2/h7-11,13,16,20-21,27H,4-6,12,14-15H2,1-3H3,(H,28,29). The zero-order valence-electron chi connectivity index (χ0n) is 19.5. The molecule has 4 rings (SSSR count). The number of nitrogens with zero attached hydrogens (tertiary/aromatic N) is 3. The number of rotatable bonds is 10. The molecule has 0 aliphatic carbocycles. The number of aromatic nitrogens is 3. The van der Waals surface area contributed by atoms with Gasteiger partial charge in [-0.2, -0.15) is 0 Å². The van der Waals surface area contributed by atoms with E-state index in [-0.39, 0.29) is 5.82 Å². The molecule has 1 aromatic carbocycles. The normalized spacial score (nSPS) is 16.8. The van der Waals surface area contributed by atoms with Crippen LogP contribution in [0.4, 0.5) is 10.2 Å². The lowest BCUT2D eigenvalue weighted by atomic mass is 10.0. The van der Waals surface area contributed by atoms with E-state index in [0.29, 0.717) is 25.2 Å². The van der Waals surface area contributed by atoms with Crippen LogP contribution in [-0.2, 0) is 11.3 Å². The van der Waals surface area contributed by atoms with Crippen molar-refractivity contribution in [3.05, 3.63) is 48.4 Å². The Morgan fingerprint density at radius 2 is 2.09 bits per heavy atom. The number of anilines is 1. The smallest absolute Gasteiger partial charge is 0.168 e. The molecule has 2 unspecified atom stereocenters. The molecule has 33 heavy (non-hydrogen) atoms. The summed E-state index contributed by atoms with van der Waals surface area (Å²) in [6.07, 6.45) is 7.28. The summed E-state index contributed by atoms with van der Waals surface area (Å²) < 4.78 is 21.2. The maximum atomic E-state index is 13.6. The average Bonchev–Trinajstić information content (AvgIpc) is 3.50. The molecule has 3 aromatic rings. The third-order valence-electron chi connectivity index (χ3n) is 6.14. The minimum Gasteiger partial charge on any atom is -0.383 e. The van der Waals surface area contributed by atoms with Crippen molar-refractivity contribution in [2.24, 2.45) is 0 Å². The summed E-state index contributed by atoms with van der Waals surface area (Å²) in [5.74, 6) is 0.592. The highest BCUT2D eigenvalue weighted by molar-refractivity contribution is 7.98. The summed E-state index contributed by atoms with van der Waals surface area (Å²) in [6, 6.07) is 11.4. The van der Waals surface area contributed by atoms with Gasteiger partial charge in [0.25, 0.3) is 0 Å². The fourth-order valence-corrected chi connectivity index (χ4v) is 5.05. The van der Waals surface area contributed by atoms with Gasteiger partial charge in [-0.05, 0) is 68.5 Å². The quantitative estimate of drug-likeness (QED) is 0.405. The van der Waals surface area contributed by atoms with Crippen LogP contribution in [0.2, 0.25) is 0 Å². The van der Waals surface area contributed by atoms with Gasteiger partial charge in [-0.3, -0.25) is 0 Å². The Kier molecular flexibility index (Phi) is 8.01. The highest BCUT2D eigenvalue weighted by atomic mass is 32.2. The number of imidazole rings is 1. The Bertz CT molecular complexity index is 1050. The van der Waals surface area contributed by atoms with Crippen LogP contribution in [0.5, 0.6) is 0 Å². The molecular formula is C25H32FN5OS. The molecule has 0 spiro atoms. The summed E-state index contributed by atoms with van der Waals surface area (Å²) >= 11 is 1.59. The van der Waals surface area contributed by atoms with E-state index in [1.807, 2.05) is 18.5 Å². The number of benzene rings is 1. The van der Waals surface area contributed by atoms with Gasteiger partial charge in [0.2, 0.25) is 0 Å². The Hall–Kier alpha value is -2.42. The largest absolute Gasteiger partial charge is 0.383 e. The van der Waals surface area contributed by atoms with E-state index in [4.69, 9.17) is 9.72 Å². The molecule has 8 heteroatoms. The van der Waals surface area contributed by atoms with Crippen LogP contribution >= 0.6 is 11.8 Å². The second-order valence-electron chi connectivity index (χ2n) is 8.24. The molecule has 2 N–H and O–H groups in total. The van der Waals surface area contributed by atoms with E-state index in [2.05, 4.69) is 33.2 Å². The molecule has 1 saturated heterocycles. The maximum Gasteiger partial charge on any atom is 0.168 e. The Morgan fingerprint density at radius 3 is 2.76 bits per heavy atom. The number of hydrogen-bond donors (Lipinski definition) is 2. The van der Waals surface area contributed by atoms with E-state index < -0.39 is 0 Å². The summed E-state index contributed by atoms with van der Waals surface area (Å²) in [4.78, 5) is 9.53. The molecular weight excluding hydrogens is 437 g/mol. The van der Waals surface area contributed by atoms with Gasteiger partial charge in [0.15, 0.2) is 5.16 Å². The number of halogens is 1. The third kappa shape index (κ3) is 5.39. The number of hydrogen-bond acceptors (Lipinski definition) is 6. The van der Waals surface area contributed by atoms with Crippen LogP contribution in [0.25, 0.3) is 22.5 Å². The molecule has 176 valence electrons. The van der Waals surface area contributed by atoms with Crippen LogP contribution < -0.4 is 10.6 Å². The third-order valence-corrected chi connectivity index (χ3v) is 6.82. The summed E-state index contributed by atoms with van der Waals surface area (Å²) in [5, 5.41) is 8.15. The van der Waals surface area contributed by atoms with Crippen molar-refractivity contribution in [1.82, 2.24) is 19.9 Å². The van der Waals surface area contributed by atoms with E-state index in [9.17, 15) is 4.39 Å². The van der Waals surface area contributed by atoms with Crippen LogP contribution in [0.1, 0.15) is 26.2 Å². The first kappa shape index (κ1) is 23.7. The minimum absolute atomic E-state index is 0.259.